The minimum absolute atomic E-state index is 0.0217. The van der Waals surface area contributed by atoms with Crippen LogP contribution in [0.1, 0.15) is 45.1 Å². The summed E-state index contributed by atoms with van der Waals surface area (Å²) in [6, 6.07) is 10.7. The molecule has 1 N–H and O–H groups in total. The van der Waals surface area contributed by atoms with Gasteiger partial charge in [-0.1, -0.05) is 6.07 Å². The lowest BCUT2D eigenvalue weighted by atomic mass is 9.86. The summed E-state index contributed by atoms with van der Waals surface area (Å²) in [5.41, 5.74) is 4.00. The van der Waals surface area contributed by atoms with E-state index in [2.05, 4.69) is 53.3 Å². The van der Waals surface area contributed by atoms with E-state index in [9.17, 15) is 4.79 Å². The maximum atomic E-state index is 13.9. The molecule has 1 saturated heterocycles. The third kappa shape index (κ3) is 4.44. The molecule has 3 heterocycles. The van der Waals surface area contributed by atoms with E-state index in [-0.39, 0.29) is 30.1 Å². The van der Waals surface area contributed by atoms with Crippen molar-refractivity contribution in [2.45, 2.75) is 64.3 Å². The molecule has 3 aliphatic rings. The predicted molar refractivity (Wildman–Crippen MR) is 130 cm³/mol. The Labute approximate surface area is 196 Å². The minimum Gasteiger partial charge on any atom is -0.381 e. The van der Waals surface area contributed by atoms with Gasteiger partial charge >= 0.3 is 0 Å². The van der Waals surface area contributed by atoms with Crippen molar-refractivity contribution in [1.82, 2.24) is 4.98 Å². The Morgan fingerprint density at radius 1 is 1.18 bits per heavy atom. The van der Waals surface area contributed by atoms with Crippen molar-refractivity contribution in [3.05, 3.63) is 42.1 Å². The highest BCUT2D eigenvalue weighted by Gasteiger charge is 2.33. The van der Waals surface area contributed by atoms with Crippen LogP contribution >= 0.6 is 0 Å². The molecule has 7 heteroatoms. The van der Waals surface area contributed by atoms with E-state index in [1.807, 2.05) is 11.0 Å². The number of nitrogens with one attached hydrogen (secondary N) is 1. The Bertz CT molecular complexity index is 1000. The first-order valence-corrected chi connectivity index (χ1v) is 12.1. The number of methoxy groups -OCH3 is 1. The van der Waals surface area contributed by atoms with Gasteiger partial charge in [-0.25, -0.2) is 4.98 Å². The largest absolute Gasteiger partial charge is 0.381 e. The molecule has 5 rings (SSSR count). The van der Waals surface area contributed by atoms with Crippen LogP contribution in [0.5, 0.6) is 0 Å². The summed E-state index contributed by atoms with van der Waals surface area (Å²) >= 11 is 0. The highest BCUT2D eigenvalue weighted by Crippen LogP contribution is 2.40. The quantitative estimate of drug-likeness (QED) is 0.743. The van der Waals surface area contributed by atoms with E-state index in [1.54, 1.807) is 13.3 Å². The third-order valence-electron chi connectivity index (χ3n) is 7.31. The van der Waals surface area contributed by atoms with Crippen molar-refractivity contribution >= 4 is 28.8 Å². The van der Waals surface area contributed by atoms with Gasteiger partial charge < -0.3 is 24.6 Å². The van der Waals surface area contributed by atoms with Gasteiger partial charge in [0.2, 0.25) is 5.91 Å². The standard InChI is InChI=1S/C26H34N4O3/c1-17-16-33-18(2)14-29(17)21-8-11-23-24(13-21)30(15-20-5-4-12-27-25(20)28-23)26(31)19-6-9-22(32-3)10-7-19/h4-5,8,11-13,17-19,22H,6-7,9-10,14-16H2,1-3H3,(H,27,28)/t17-,18+,19-,22-/m1/s1. The van der Waals surface area contributed by atoms with Gasteiger partial charge in [-0.05, 0) is 63.8 Å². The highest BCUT2D eigenvalue weighted by molar-refractivity contribution is 6.00. The molecular formula is C26H34N4O3. The molecule has 1 saturated carbocycles. The van der Waals surface area contributed by atoms with E-state index < -0.39 is 0 Å². The van der Waals surface area contributed by atoms with Gasteiger partial charge in [0.15, 0.2) is 0 Å². The molecule has 33 heavy (non-hydrogen) atoms. The number of carbonyl (C=O) groups excluding carboxylic acids is 1. The van der Waals surface area contributed by atoms with Crippen LogP contribution in [0.3, 0.4) is 0 Å². The number of rotatable bonds is 3. The number of amides is 1. The van der Waals surface area contributed by atoms with Crippen molar-refractivity contribution in [3.8, 4) is 0 Å². The van der Waals surface area contributed by atoms with Crippen molar-refractivity contribution in [2.24, 2.45) is 5.92 Å². The molecule has 0 bridgehead atoms. The van der Waals surface area contributed by atoms with Gasteiger partial charge in [0.1, 0.15) is 5.82 Å². The summed E-state index contributed by atoms with van der Waals surface area (Å²) in [6.45, 7) is 6.36. The molecular weight excluding hydrogens is 416 g/mol. The molecule has 0 radical (unpaired) electrons. The van der Waals surface area contributed by atoms with E-state index >= 15 is 0 Å². The maximum Gasteiger partial charge on any atom is 0.230 e. The summed E-state index contributed by atoms with van der Waals surface area (Å²) in [6.07, 6.45) is 5.86. The number of hydrogen-bond donors (Lipinski definition) is 1. The maximum absolute atomic E-state index is 13.9. The van der Waals surface area contributed by atoms with Crippen LogP contribution in [0, 0.1) is 5.92 Å². The topological polar surface area (TPSA) is 66.9 Å². The number of morpholine rings is 1. The van der Waals surface area contributed by atoms with Gasteiger partial charge in [-0.15, -0.1) is 0 Å². The van der Waals surface area contributed by atoms with Crippen LogP contribution in [-0.4, -0.2) is 49.4 Å². The van der Waals surface area contributed by atoms with E-state index in [1.165, 1.54) is 0 Å². The zero-order valence-electron chi connectivity index (χ0n) is 19.8. The average Bonchev–Trinajstić information content (AvgIpc) is 3.01. The Morgan fingerprint density at radius 2 is 2.00 bits per heavy atom. The molecule has 1 aromatic carbocycles. The van der Waals surface area contributed by atoms with Crippen LogP contribution in [0.4, 0.5) is 22.9 Å². The van der Waals surface area contributed by atoms with Crippen molar-refractivity contribution < 1.29 is 14.3 Å². The van der Waals surface area contributed by atoms with E-state index in [0.717, 1.165) is 60.7 Å². The van der Waals surface area contributed by atoms with Crippen LogP contribution in [0.2, 0.25) is 0 Å². The first kappa shape index (κ1) is 22.2. The van der Waals surface area contributed by atoms with Crippen molar-refractivity contribution in [2.75, 3.05) is 35.4 Å². The van der Waals surface area contributed by atoms with E-state index in [0.29, 0.717) is 13.2 Å². The third-order valence-corrected chi connectivity index (χ3v) is 7.31. The normalized spacial score (nSPS) is 27.2. The molecule has 176 valence electrons. The SMILES string of the molecule is CO[C@H]1CC[C@H](C(=O)N2Cc3cccnc3Nc3ccc(N4C[C@H](C)OC[C@H]4C)cc32)CC1. The monoisotopic (exact) mass is 450 g/mol. The lowest BCUT2D eigenvalue weighted by molar-refractivity contribution is -0.124. The van der Waals surface area contributed by atoms with Gasteiger partial charge in [0, 0.05) is 43.1 Å². The molecule has 2 atom stereocenters. The summed E-state index contributed by atoms with van der Waals surface area (Å²) in [4.78, 5) is 22.8. The Morgan fingerprint density at radius 3 is 2.79 bits per heavy atom. The summed E-state index contributed by atoms with van der Waals surface area (Å²) in [5, 5.41) is 3.49. The molecule has 1 aliphatic carbocycles. The van der Waals surface area contributed by atoms with Crippen LogP contribution in [0.15, 0.2) is 36.5 Å². The predicted octanol–water partition coefficient (Wildman–Crippen LogP) is 4.49. The fraction of sp³-hybridized carbons (Fsp3) is 0.538. The fourth-order valence-corrected chi connectivity index (χ4v) is 5.32. The summed E-state index contributed by atoms with van der Waals surface area (Å²) in [5.74, 6) is 1.04. The number of aromatic nitrogens is 1. The summed E-state index contributed by atoms with van der Waals surface area (Å²) < 4.78 is 11.4. The van der Waals surface area contributed by atoms with Crippen molar-refractivity contribution in [1.29, 1.82) is 0 Å². The second-order valence-electron chi connectivity index (χ2n) is 9.62. The van der Waals surface area contributed by atoms with Gasteiger partial charge in [0.05, 0.1) is 36.7 Å². The Hall–Kier alpha value is -2.64. The molecule has 2 aliphatic heterocycles. The number of ether oxygens (including phenoxy) is 2. The number of anilines is 4. The summed E-state index contributed by atoms with van der Waals surface area (Å²) in [7, 11) is 1.77. The molecule has 1 aromatic heterocycles. The van der Waals surface area contributed by atoms with Crippen LogP contribution in [0.25, 0.3) is 0 Å². The van der Waals surface area contributed by atoms with Crippen LogP contribution in [-0.2, 0) is 20.8 Å². The van der Waals surface area contributed by atoms with Gasteiger partial charge in [0.25, 0.3) is 0 Å². The van der Waals surface area contributed by atoms with Crippen LogP contribution < -0.4 is 15.1 Å². The molecule has 0 spiro atoms. The number of benzene rings is 1. The molecule has 0 unspecified atom stereocenters. The number of fused-ring (bicyclic) bond motifs is 2. The average molecular weight is 451 g/mol. The molecule has 1 amide bonds. The van der Waals surface area contributed by atoms with Crippen molar-refractivity contribution in [3.63, 3.8) is 0 Å². The minimum atomic E-state index is 0.0217. The number of nitrogens with zero attached hydrogens (tertiary/aromatic N) is 3. The number of hydrogen-bond acceptors (Lipinski definition) is 6. The smallest absolute Gasteiger partial charge is 0.230 e. The molecule has 2 aromatic rings. The Balaban J connectivity index is 1.50. The molecule has 7 nitrogen and oxygen atoms in total. The number of carbonyl (C=O) groups is 1. The van der Waals surface area contributed by atoms with Gasteiger partial charge in [-0.3, -0.25) is 4.79 Å². The first-order chi connectivity index (χ1) is 16.0. The lowest BCUT2D eigenvalue weighted by Crippen LogP contribution is -2.47. The zero-order chi connectivity index (χ0) is 22.9. The second-order valence-corrected chi connectivity index (χ2v) is 9.62. The lowest BCUT2D eigenvalue weighted by Gasteiger charge is -2.39. The Kier molecular flexibility index (Phi) is 6.25. The second kappa shape index (κ2) is 9.31. The zero-order valence-corrected chi connectivity index (χ0v) is 19.8. The molecule has 2 fully saturated rings. The highest BCUT2D eigenvalue weighted by atomic mass is 16.5. The number of pyridine rings is 1. The first-order valence-electron chi connectivity index (χ1n) is 12.1. The fourth-order valence-electron chi connectivity index (χ4n) is 5.32. The van der Waals surface area contributed by atoms with Gasteiger partial charge in [-0.2, -0.15) is 0 Å². The van der Waals surface area contributed by atoms with E-state index in [4.69, 9.17) is 9.47 Å².